The molecule has 4 nitrogen and oxygen atoms in total. The van der Waals surface area contributed by atoms with Gasteiger partial charge in [0.1, 0.15) is 5.58 Å². The summed E-state index contributed by atoms with van der Waals surface area (Å²) in [6.45, 7) is -0.00869. The predicted octanol–water partition coefficient (Wildman–Crippen LogP) is 10.4. The maximum atomic E-state index is 7.28. The predicted molar refractivity (Wildman–Crippen MR) is 184 cm³/mol. The van der Waals surface area contributed by atoms with Crippen molar-refractivity contribution in [3.05, 3.63) is 150 Å². The van der Waals surface area contributed by atoms with Crippen LogP contribution < -0.4 is 0 Å². The topological polar surface area (TPSA) is 51.8 Å². The summed E-state index contributed by atoms with van der Waals surface area (Å²) < 4.78 is 50.2. The molecule has 8 rings (SSSR count). The Bertz CT molecular complexity index is 2460. The van der Waals surface area contributed by atoms with Crippen molar-refractivity contribution in [2.45, 2.75) is 27.6 Å². The molecule has 0 bridgehead atoms. The van der Waals surface area contributed by atoms with Gasteiger partial charge in [-0.25, -0.2) is 0 Å². The van der Waals surface area contributed by atoms with Gasteiger partial charge < -0.3 is 14.4 Å². The molecule has 0 N–H and O–H groups in total. The molecule has 0 saturated heterocycles. The van der Waals surface area contributed by atoms with Crippen LogP contribution in [0, 0.1) is 39.7 Å². The number of hydrogen-bond donors (Lipinski definition) is 0. The molecule has 4 aromatic heterocycles. The summed E-state index contributed by atoms with van der Waals surface area (Å²) >= 11 is 0. The van der Waals surface area contributed by atoms with Crippen molar-refractivity contribution in [2.75, 3.05) is 0 Å². The molecule has 0 aliphatic heterocycles. The van der Waals surface area contributed by atoms with E-state index < -0.39 is 13.7 Å². The van der Waals surface area contributed by atoms with E-state index in [0.29, 0.717) is 11.3 Å². The summed E-state index contributed by atoms with van der Waals surface area (Å²) in [6, 6.07) is 34.3. The minimum Gasteiger partial charge on any atom is -0.500 e. The van der Waals surface area contributed by atoms with Crippen molar-refractivity contribution < 1.29 is 32.7 Å². The molecular formula is C41H31IrN3O-2. The van der Waals surface area contributed by atoms with E-state index in [4.69, 9.17) is 12.6 Å². The quantitative estimate of drug-likeness (QED) is 0.168. The summed E-state index contributed by atoms with van der Waals surface area (Å²) in [7, 11) is 0. The molecule has 0 fully saturated rings. The van der Waals surface area contributed by atoms with Crippen LogP contribution in [-0.2, 0) is 20.1 Å². The fraction of sp³-hybridized carbons (Fsp3) is 0.0976. The van der Waals surface area contributed by atoms with E-state index in [2.05, 4.69) is 77.3 Å². The monoisotopic (exact) mass is 780 g/mol. The second-order valence-corrected chi connectivity index (χ2v) is 10.8. The molecule has 5 heteroatoms. The maximum absolute atomic E-state index is 7.28. The Kier molecular flexibility index (Phi) is 6.96. The first-order valence-corrected chi connectivity index (χ1v) is 14.5. The Morgan fingerprint density at radius 1 is 0.717 bits per heavy atom. The van der Waals surface area contributed by atoms with Gasteiger partial charge in [-0.05, 0) is 71.9 Å². The van der Waals surface area contributed by atoms with Gasteiger partial charge in [0.15, 0.2) is 0 Å². The van der Waals surface area contributed by atoms with Crippen LogP contribution in [-0.4, -0.2) is 15.0 Å². The number of para-hydroxylation sites is 1. The van der Waals surface area contributed by atoms with Crippen molar-refractivity contribution in [3.63, 3.8) is 0 Å². The Hall–Kier alpha value is -4.96. The van der Waals surface area contributed by atoms with Crippen LogP contribution in [0.2, 0.25) is 0 Å². The molecule has 0 aliphatic rings. The maximum Gasteiger partial charge on any atom is 0.128 e. The van der Waals surface area contributed by atoms with Crippen LogP contribution in [0.3, 0.4) is 0 Å². The largest absolute Gasteiger partial charge is 0.500 e. The fourth-order valence-electron chi connectivity index (χ4n) is 5.63. The third kappa shape index (κ3) is 5.88. The van der Waals surface area contributed by atoms with Crippen molar-refractivity contribution in [1.82, 2.24) is 15.0 Å². The Balaban J connectivity index is 0.000000193. The summed E-state index contributed by atoms with van der Waals surface area (Å²) in [6.07, 6.45) is 6.89. The van der Waals surface area contributed by atoms with Gasteiger partial charge in [0.05, 0.1) is 5.58 Å². The normalized spacial score (nSPS) is 13.3. The average molecular weight is 780 g/mol. The number of pyridine rings is 3. The zero-order valence-corrected chi connectivity index (χ0v) is 27.4. The summed E-state index contributed by atoms with van der Waals surface area (Å²) in [5, 5.41) is 4.49. The van der Waals surface area contributed by atoms with Crippen LogP contribution >= 0.6 is 0 Å². The molecule has 0 atom stereocenters. The van der Waals surface area contributed by atoms with Gasteiger partial charge in [-0.15, -0.1) is 53.6 Å². The van der Waals surface area contributed by atoms with E-state index in [1.165, 1.54) is 46.5 Å². The first kappa shape index (κ1) is 24.3. The summed E-state index contributed by atoms with van der Waals surface area (Å²) in [5.41, 5.74) is 9.74. The minimum absolute atomic E-state index is 0. The van der Waals surface area contributed by atoms with Crippen LogP contribution in [0.15, 0.2) is 120 Å². The number of aromatic nitrogens is 3. The zero-order valence-electron chi connectivity index (χ0n) is 31.1. The second kappa shape index (κ2) is 13.2. The molecule has 0 aliphatic carbocycles. The average Bonchev–Trinajstić information content (AvgIpc) is 3.52. The second-order valence-electron chi connectivity index (χ2n) is 10.8. The summed E-state index contributed by atoms with van der Waals surface area (Å²) in [5.74, 6) is 0. The van der Waals surface area contributed by atoms with Crippen molar-refractivity contribution >= 4 is 32.7 Å². The molecule has 46 heavy (non-hydrogen) atoms. The number of aryl methyl sites for hydroxylation is 3. The number of furan rings is 1. The first-order chi connectivity index (χ1) is 24.4. The molecule has 8 aromatic rings. The molecule has 0 spiro atoms. The van der Waals surface area contributed by atoms with Gasteiger partial charge in [0, 0.05) is 69.5 Å². The molecule has 4 aromatic carbocycles. The number of nitrogens with zero attached hydrogens (tertiary/aromatic N) is 3. The van der Waals surface area contributed by atoms with Crippen LogP contribution in [0.1, 0.15) is 30.5 Å². The van der Waals surface area contributed by atoms with Gasteiger partial charge in [-0.1, -0.05) is 66.3 Å². The minimum atomic E-state index is -2.18. The molecule has 227 valence electrons. The summed E-state index contributed by atoms with van der Waals surface area (Å²) in [4.78, 5) is 13.0. The van der Waals surface area contributed by atoms with Gasteiger partial charge >= 0.3 is 0 Å². The molecule has 0 amide bonds. The third-order valence-corrected chi connectivity index (χ3v) is 7.96. The van der Waals surface area contributed by atoms with Crippen LogP contribution in [0.25, 0.3) is 66.4 Å². The third-order valence-electron chi connectivity index (χ3n) is 7.96. The zero-order chi connectivity index (χ0) is 35.9. The molecule has 0 unspecified atom stereocenters. The van der Waals surface area contributed by atoms with Gasteiger partial charge in [0.2, 0.25) is 0 Å². The van der Waals surface area contributed by atoms with Gasteiger partial charge in [-0.3, -0.25) is 4.98 Å². The SMILES string of the molecule is Cc1cc2ccncc2c(-c2cccc3c2oc2c(-c4ccccn4)[c-]ccc23)c1C.[2H]C([2H])([2H])c1c[c-]c(-c2ccc(C([2H])([2H])[2H])cn2)cc1.[Ir]. The van der Waals surface area contributed by atoms with Crippen LogP contribution in [0.4, 0.5) is 0 Å². The van der Waals surface area contributed by atoms with Crippen molar-refractivity contribution in [1.29, 1.82) is 0 Å². The van der Waals surface area contributed by atoms with Crippen molar-refractivity contribution in [2.24, 2.45) is 0 Å². The fourth-order valence-corrected chi connectivity index (χ4v) is 5.63. The Morgan fingerprint density at radius 2 is 1.59 bits per heavy atom. The number of rotatable bonds is 3. The molecule has 1 radical (unpaired) electrons. The number of benzene rings is 4. The van der Waals surface area contributed by atoms with Gasteiger partial charge in [0.25, 0.3) is 0 Å². The Labute approximate surface area is 291 Å². The van der Waals surface area contributed by atoms with E-state index in [0.717, 1.165) is 44.1 Å². The van der Waals surface area contributed by atoms with Crippen molar-refractivity contribution in [3.8, 4) is 33.6 Å². The van der Waals surface area contributed by atoms with Gasteiger partial charge in [-0.2, -0.15) is 0 Å². The van der Waals surface area contributed by atoms with E-state index in [9.17, 15) is 0 Å². The van der Waals surface area contributed by atoms with E-state index >= 15 is 0 Å². The Morgan fingerprint density at radius 3 is 2.35 bits per heavy atom. The molecule has 0 saturated carbocycles. The van der Waals surface area contributed by atoms with E-state index in [-0.39, 0.29) is 31.2 Å². The van der Waals surface area contributed by atoms with E-state index in [1.54, 1.807) is 18.3 Å². The number of hydrogen-bond acceptors (Lipinski definition) is 4. The van der Waals surface area contributed by atoms with E-state index in [1.807, 2.05) is 36.7 Å². The smallest absolute Gasteiger partial charge is 0.128 e. The molecule has 4 heterocycles. The standard InChI is InChI=1S/C28H19N2O.C13H12N.Ir/c1-17-15-19-12-14-29-16-24(19)26(18(17)2)23-10-6-8-21-20-7-5-9-22(27(20)31-28(21)23)25-11-3-4-13-30-25;1-10-3-6-12(7-4-10)13-8-5-11(2)9-14-13;/h3-8,10-16H,1-2H3;3-6,8-9H,1-2H3;/q2*-1;/i;1D3,2D3;. The molecular weight excluding hydrogens is 743 g/mol. The first-order valence-electron chi connectivity index (χ1n) is 17.5. The number of fused-ring (bicyclic) bond motifs is 4. The van der Waals surface area contributed by atoms with Crippen LogP contribution in [0.5, 0.6) is 0 Å².